The smallest absolute Gasteiger partial charge is 0.173 e. The maximum Gasteiger partial charge on any atom is 0.173 e. The lowest BCUT2D eigenvalue weighted by atomic mass is 9.67. The lowest BCUT2D eigenvalue weighted by Gasteiger charge is -2.49. The Hall–Kier alpha value is -0.160. The van der Waals surface area contributed by atoms with Crippen molar-refractivity contribution in [3.63, 3.8) is 0 Å². The van der Waals surface area contributed by atoms with Gasteiger partial charge in [-0.15, -0.1) is 0 Å². The average Bonchev–Trinajstić information content (AvgIpc) is 2.79. The summed E-state index contributed by atoms with van der Waals surface area (Å²) in [6.45, 7) is 5.94. The molecule has 0 aliphatic rings. The second-order valence-electron chi connectivity index (χ2n) is 9.62. The molecule has 0 aromatic rings. The van der Waals surface area contributed by atoms with Gasteiger partial charge in [0.2, 0.25) is 0 Å². The van der Waals surface area contributed by atoms with Gasteiger partial charge in [-0.3, -0.25) is 0 Å². The van der Waals surface area contributed by atoms with Crippen molar-refractivity contribution in [1.82, 2.24) is 0 Å². The van der Waals surface area contributed by atoms with Gasteiger partial charge in [-0.25, -0.2) is 0 Å². The van der Waals surface area contributed by atoms with Gasteiger partial charge in [-0.1, -0.05) is 97.3 Å². The Bertz CT molecular complexity index is 374. The number of hydrogen-bond donors (Lipinski definition) is 2. The van der Waals surface area contributed by atoms with Crippen molar-refractivity contribution in [3.05, 3.63) is 0 Å². The highest BCUT2D eigenvalue weighted by Gasteiger charge is 2.50. The van der Waals surface area contributed by atoms with Gasteiger partial charge < -0.3 is 20.9 Å². The fourth-order valence-corrected chi connectivity index (χ4v) is 5.38. The summed E-state index contributed by atoms with van der Waals surface area (Å²) < 4.78 is 12.5. The van der Waals surface area contributed by atoms with Gasteiger partial charge in [0.1, 0.15) is 0 Å². The first-order chi connectivity index (χ1) is 15.1. The van der Waals surface area contributed by atoms with E-state index < -0.39 is 5.79 Å². The summed E-state index contributed by atoms with van der Waals surface area (Å²) in [6.07, 6.45) is 23.4. The fraction of sp³-hybridized carbons (Fsp3) is 1.00. The van der Waals surface area contributed by atoms with E-state index in [9.17, 15) is 0 Å². The molecule has 31 heavy (non-hydrogen) atoms. The number of rotatable bonds is 24. The number of nitrogens with two attached hydrogens (primary N) is 2. The summed E-state index contributed by atoms with van der Waals surface area (Å²) in [5.74, 6) is -0.548. The van der Waals surface area contributed by atoms with Gasteiger partial charge >= 0.3 is 0 Å². The lowest BCUT2D eigenvalue weighted by Crippen LogP contribution is -2.52. The van der Waals surface area contributed by atoms with Crippen LogP contribution in [0.2, 0.25) is 0 Å². The summed E-state index contributed by atoms with van der Waals surface area (Å²) in [5.41, 5.74) is 12.1. The van der Waals surface area contributed by atoms with Crippen LogP contribution >= 0.6 is 0 Å². The monoisotopic (exact) mass is 442 g/mol. The minimum Gasteiger partial charge on any atom is -0.353 e. The summed E-state index contributed by atoms with van der Waals surface area (Å²) in [6, 6.07) is 0. The number of methoxy groups -OCH3 is 2. The van der Waals surface area contributed by atoms with E-state index in [0.29, 0.717) is 13.1 Å². The van der Waals surface area contributed by atoms with E-state index in [1.165, 1.54) is 83.5 Å². The highest BCUT2D eigenvalue weighted by atomic mass is 16.7. The molecule has 0 saturated carbocycles. The predicted molar refractivity (Wildman–Crippen MR) is 136 cm³/mol. The Labute approximate surface area is 195 Å². The van der Waals surface area contributed by atoms with Crippen LogP contribution in [0.25, 0.3) is 0 Å². The minimum absolute atomic E-state index is 0.0451. The largest absolute Gasteiger partial charge is 0.353 e. The van der Waals surface area contributed by atoms with Crippen molar-refractivity contribution in [2.45, 2.75) is 142 Å². The topological polar surface area (TPSA) is 70.5 Å². The molecular weight excluding hydrogens is 384 g/mol. The molecule has 188 valence electrons. The van der Waals surface area contributed by atoms with Crippen molar-refractivity contribution in [1.29, 1.82) is 0 Å². The molecule has 0 rings (SSSR count). The van der Waals surface area contributed by atoms with E-state index in [1.54, 1.807) is 0 Å². The van der Waals surface area contributed by atoms with Crippen LogP contribution in [0.5, 0.6) is 0 Å². The van der Waals surface area contributed by atoms with Crippen LogP contribution < -0.4 is 11.5 Å². The Morgan fingerprint density at radius 3 is 1.32 bits per heavy atom. The van der Waals surface area contributed by atoms with Crippen molar-refractivity contribution in [3.8, 4) is 0 Å². The van der Waals surface area contributed by atoms with Crippen LogP contribution in [0.4, 0.5) is 0 Å². The molecule has 4 heteroatoms. The fourth-order valence-electron chi connectivity index (χ4n) is 5.38. The Kier molecular flexibility index (Phi) is 20.3. The van der Waals surface area contributed by atoms with Crippen LogP contribution in [-0.2, 0) is 9.47 Å². The van der Waals surface area contributed by atoms with Gasteiger partial charge in [-0.05, 0) is 45.2 Å². The molecule has 4 N–H and O–H groups in total. The molecule has 0 spiro atoms. The van der Waals surface area contributed by atoms with E-state index in [4.69, 9.17) is 20.9 Å². The van der Waals surface area contributed by atoms with Crippen molar-refractivity contribution >= 4 is 0 Å². The molecule has 0 aliphatic carbocycles. The Morgan fingerprint density at radius 2 is 0.903 bits per heavy atom. The second kappa shape index (κ2) is 20.4. The molecule has 0 aliphatic heterocycles. The molecule has 0 amide bonds. The highest BCUT2D eigenvalue weighted by molar-refractivity contribution is 4.94. The van der Waals surface area contributed by atoms with Crippen molar-refractivity contribution < 1.29 is 9.47 Å². The molecular formula is C27H58N2O2. The molecule has 0 heterocycles. The normalized spacial score (nSPS) is 14.1. The van der Waals surface area contributed by atoms with E-state index in [0.717, 1.165) is 38.5 Å². The number of unbranched alkanes of at least 4 members (excludes halogenated alkanes) is 12. The van der Waals surface area contributed by atoms with E-state index >= 15 is 0 Å². The Morgan fingerprint density at radius 1 is 0.484 bits per heavy atom. The maximum absolute atomic E-state index is 6.24. The summed E-state index contributed by atoms with van der Waals surface area (Å²) in [4.78, 5) is 0. The van der Waals surface area contributed by atoms with Crippen molar-refractivity contribution in [2.24, 2.45) is 16.9 Å². The molecule has 0 aromatic carbocycles. The van der Waals surface area contributed by atoms with Crippen LogP contribution in [0.3, 0.4) is 0 Å². The van der Waals surface area contributed by atoms with E-state index in [2.05, 4.69) is 13.8 Å². The first-order valence-corrected chi connectivity index (χ1v) is 13.6. The minimum atomic E-state index is -0.548. The quantitative estimate of drug-likeness (QED) is 0.121. The van der Waals surface area contributed by atoms with Gasteiger partial charge in [0.25, 0.3) is 0 Å². The maximum atomic E-state index is 6.24. The molecule has 0 aromatic heterocycles. The van der Waals surface area contributed by atoms with Gasteiger partial charge in [-0.2, -0.15) is 0 Å². The first kappa shape index (κ1) is 30.8. The van der Waals surface area contributed by atoms with Crippen LogP contribution in [0.15, 0.2) is 0 Å². The molecule has 1 atom stereocenters. The zero-order chi connectivity index (χ0) is 23.3. The van der Waals surface area contributed by atoms with Crippen LogP contribution in [0, 0.1) is 5.41 Å². The summed E-state index contributed by atoms with van der Waals surface area (Å²) in [7, 11) is 3.67. The van der Waals surface area contributed by atoms with E-state index in [1.807, 2.05) is 14.2 Å². The third-order valence-electron chi connectivity index (χ3n) is 7.32. The Balaban J connectivity index is 5.02. The second-order valence-corrected chi connectivity index (χ2v) is 9.62. The average molecular weight is 443 g/mol. The van der Waals surface area contributed by atoms with Gasteiger partial charge in [0.05, 0.1) is 0 Å². The first-order valence-electron chi connectivity index (χ1n) is 13.6. The summed E-state index contributed by atoms with van der Waals surface area (Å²) in [5, 5.41) is 0. The molecule has 0 bridgehead atoms. The molecule has 0 radical (unpaired) electrons. The number of hydrogen-bond acceptors (Lipinski definition) is 4. The van der Waals surface area contributed by atoms with Crippen molar-refractivity contribution in [2.75, 3.05) is 27.3 Å². The zero-order valence-corrected chi connectivity index (χ0v) is 21.8. The van der Waals surface area contributed by atoms with Crippen LogP contribution in [0.1, 0.15) is 136 Å². The SMILES string of the molecule is CCCCCCCCCCC(OC)(OC)C(CCN)(CCCN)CCCCCCCC. The third kappa shape index (κ3) is 12.0. The van der Waals surface area contributed by atoms with Gasteiger partial charge in [0.15, 0.2) is 5.79 Å². The van der Waals surface area contributed by atoms with E-state index in [-0.39, 0.29) is 5.41 Å². The lowest BCUT2D eigenvalue weighted by molar-refractivity contribution is -0.287. The summed E-state index contributed by atoms with van der Waals surface area (Å²) >= 11 is 0. The third-order valence-corrected chi connectivity index (χ3v) is 7.32. The molecule has 0 saturated heterocycles. The van der Waals surface area contributed by atoms with Gasteiger partial charge in [0, 0.05) is 26.1 Å². The molecule has 4 nitrogen and oxygen atoms in total. The number of ether oxygens (including phenoxy) is 2. The highest BCUT2D eigenvalue weighted by Crippen LogP contribution is 2.49. The molecule has 0 fully saturated rings. The molecule has 1 unspecified atom stereocenters. The zero-order valence-electron chi connectivity index (χ0n) is 21.8. The predicted octanol–water partition coefficient (Wildman–Crippen LogP) is 7.33. The van der Waals surface area contributed by atoms with Crippen LogP contribution in [-0.4, -0.2) is 33.1 Å². The standard InChI is InChI=1S/C27H58N2O2/c1-5-7-9-11-13-14-16-18-22-27(30-3,31-4)26(23-25-29,21-19-24-28)20-17-15-12-10-8-6-2/h5-25,28-29H2,1-4H3.